The predicted molar refractivity (Wildman–Crippen MR) is 86.1 cm³/mol. The maximum atomic E-state index is 5.35. The Morgan fingerprint density at radius 2 is 0.923 bits per heavy atom. The van der Waals surface area contributed by atoms with Gasteiger partial charge in [-0.2, -0.15) is 20.4 Å². The molecule has 0 saturated heterocycles. The van der Waals surface area contributed by atoms with Crippen LogP contribution in [-0.2, 0) is 0 Å². The zero-order chi connectivity index (χ0) is 18.2. The molecule has 4 N–H and O–H groups in total. The highest BCUT2D eigenvalue weighted by Crippen LogP contribution is 2.11. The van der Waals surface area contributed by atoms with Gasteiger partial charge in [0.05, 0.1) is 24.8 Å². The van der Waals surface area contributed by atoms with Gasteiger partial charge in [0.1, 0.15) is 35.4 Å². The summed E-state index contributed by atoms with van der Waals surface area (Å²) >= 11 is 0. The van der Waals surface area contributed by atoms with Crippen LogP contribution >= 0.6 is 0 Å². The van der Waals surface area contributed by atoms with Gasteiger partial charge >= 0.3 is 0 Å². The minimum absolute atomic E-state index is 0.0692. The highest BCUT2D eigenvalue weighted by molar-refractivity contribution is 5.53. The maximum Gasteiger partial charge on any atom is 0.240 e. The largest absolute Gasteiger partial charge is 0.366 e. The average Bonchev–Trinajstić information content (AvgIpc) is 2.70. The first kappa shape index (κ1) is 16.5. The quantitative estimate of drug-likeness (QED) is 0.426. The van der Waals surface area contributed by atoms with Gasteiger partial charge in [0.15, 0.2) is 0 Å². The van der Waals surface area contributed by atoms with Crippen LogP contribution in [0.1, 0.15) is 0 Å². The third-order valence-electron chi connectivity index (χ3n) is 2.67. The molecule has 0 unspecified atom stereocenters. The molecule has 0 spiro atoms. The van der Waals surface area contributed by atoms with Gasteiger partial charge in [0, 0.05) is 0 Å². The van der Waals surface area contributed by atoms with Crippen LogP contribution in [0.2, 0.25) is 0 Å². The molecule has 0 atom stereocenters. The van der Waals surface area contributed by atoms with Gasteiger partial charge in [0.2, 0.25) is 11.9 Å². The number of hydrogen-bond donors (Lipinski definition) is 2. The summed E-state index contributed by atoms with van der Waals surface area (Å²) in [5, 5.41) is 28.7. The lowest BCUT2D eigenvalue weighted by molar-refractivity contribution is 0.943. The lowest BCUT2D eigenvalue weighted by Crippen LogP contribution is -2.02. The molecule has 4 aromatic heterocycles. The van der Waals surface area contributed by atoms with Crippen molar-refractivity contribution >= 4 is 11.9 Å². The Hall–Kier alpha value is -4.36. The smallest absolute Gasteiger partial charge is 0.240 e. The van der Waals surface area contributed by atoms with Crippen molar-refractivity contribution in [1.82, 2.24) is 60.7 Å². The first-order chi connectivity index (χ1) is 12.7. The summed E-state index contributed by atoms with van der Waals surface area (Å²) in [6, 6.07) is 0. The van der Waals surface area contributed by atoms with E-state index in [1.165, 1.54) is 37.4 Å². The lowest BCUT2D eigenvalue weighted by atomic mass is 10.3. The standard InChI is InChI=1S/C6H6N8.C6H4N6/c7-5-11-3(1-9-13-5)4-2-10-14-6(8)12-4;1-5(7-3-11-9-1)6-2-10-12-4-8-6/h1-2H,(H2,7,11,13)(H2,8,12,14);1-4H. The molecule has 14 nitrogen and oxygen atoms in total. The second-order valence-electron chi connectivity index (χ2n) is 4.38. The summed E-state index contributed by atoms with van der Waals surface area (Å²) < 4.78 is 0. The molecule has 0 radical (unpaired) electrons. The maximum absolute atomic E-state index is 5.35. The predicted octanol–water partition coefficient (Wildman–Crippen LogP) is -1.39. The van der Waals surface area contributed by atoms with Gasteiger partial charge in [-0.3, -0.25) is 0 Å². The SMILES string of the molecule is Nc1nncc(-c2cnnc(N)n2)n1.c1nncc(-c2cnncn2)n1. The fourth-order valence-corrected chi connectivity index (χ4v) is 1.62. The Labute approximate surface area is 145 Å². The minimum atomic E-state index is 0.0692. The number of anilines is 2. The highest BCUT2D eigenvalue weighted by Gasteiger charge is 2.04. The van der Waals surface area contributed by atoms with E-state index in [0.717, 1.165) is 0 Å². The van der Waals surface area contributed by atoms with E-state index in [-0.39, 0.29) is 11.9 Å². The van der Waals surface area contributed by atoms with Crippen LogP contribution in [-0.4, -0.2) is 60.7 Å². The Kier molecular flexibility index (Phi) is 5.05. The average molecular weight is 350 g/mol. The number of nitrogen functional groups attached to an aromatic ring is 2. The fraction of sp³-hybridized carbons (Fsp3) is 0. The van der Waals surface area contributed by atoms with Crippen molar-refractivity contribution in [3.63, 3.8) is 0 Å². The van der Waals surface area contributed by atoms with Crippen LogP contribution in [0, 0.1) is 0 Å². The van der Waals surface area contributed by atoms with E-state index < -0.39 is 0 Å². The van der Waals surface area contributed by atoms with Gasteiger partial charge in [-0.25, -0.2) is 19.9 Å². The van der Waals surface area contributed by atoms with Crippen molar-refractivity contribution in [2.75, 3.05) is 11.5 Å². The van der Waals surface area contributed by atoms with Crippen molar-refractivity contribution in [2.45, 2.75) is 0 Å². The second kappa shape index (κ2) is 7.95. The summed E-state index contributed by atoms with van der Waals surface area (Å²) in [7, 11) is 0. The van der Waals surface area contributed by atoms with Crippen LogP contribution in [0.5, 0.6) is 0 Å². The molecule has 26 heavy (non-hydrogen) atoms. The summed E-state index contributed by atoms with van der Waals surface area (Å²) in [6.45, 7) is 0. The van der Waals surface area contributed by atoms with Crippen molar-refractivity contribution in [1.29, 1.82) is 0 Å². The van der Waals surface area contributed by atoms with Gasteiger partial charge < -0.3 is 11.5 Å². The molecule has 0 bridgehead atoms. The van der Waals surface area contributed by atoms with E-state index in [0.29, 0.717) is 22.8 Å². The Morgan fingerprint density at radius 3 is 1.27 bits per heavy atom. The van der Waals surface area contributed by atoms with Gasteiger partial charge in [-0.15, -0.1) is 20.4 Å². The molecule has 0 aliphatic carbocycles. The summed E-state index contributed by atoms with van der Waals surface area (Å²) in [6.07, 6.45) is 8.59. The summed E-state index contributed by atoms with van der Waals surface area (Å²) in [5.74, 6) is 0.138. The number of rotatable bonds is 2. The molecule has 0 aliphatic rings. The van der Waals surface area contributed by atoms with Gasteiger partial charge in [-0.05, 0) is 0 Å². The zero-order valence-corrected chi connectivity index (χ0v) is 13.0. The van der Waals surface area contributed by atoms with Crippen LogP contribution < -0.4 is 11.5 Å². The first-order valence-electron chi connectivity index (χ1n) is 6.89. The number of aromatic nitrogens is 12. The molecule has 4 heterocycles. The Balaban J connectivity index is 0.000000152. The van der Waals surface area contributed by atoms with Crippen LogP contribution in [0.25, 0.3) is 22.8 Å². The van der Waals surface area contributed by atoms with Crippen molar-refractivity contribution in [2.24, 2.45) is 0 Å². The molecule has 0 fully saturated rings. The molecule has 0 saturated carbocycles. The third kappa shape index (κ3) is 4.34. The number of nitrogens with two attached hydrogens (primary N) is 2. The molecule has 4 rings (SSSR count). The van der Waals surface area contributed by atoms with E-state index in [1.54, 1.807) is 0 Å². The van der Waals surface area contributed by atoms with E-state index in [4.69, 9.17) is 11.5 Å². The van der Waals surface area contributed by atoms with Gasteiger partial charge in [0.25, 0.3) is 0 Å². The van der Waals surface area contributed by atoms with Crippen LogP contribution in [0.4, 0.5) is 11.9 Å². The molecule has 128 valence electrons. The van der Waals surface area contributed by atoms with Gasteiger partial charge in [-0.1, -0.05) is 0 Å². The van der Waals surface area contributed by atoms with Crippen LogP contribution in [0.3, 0.4) is 0 Å². The monoisotopic (exact) mass is 350 g/mol. The Morgan fingerprint density at radius 1 is 0.500 bits per heavy atom. The fourth-order valence-electron chi connectivity index (χ4n) is 1.62. The third-order valence-corrected chi connectivity index (χ3v) is 2.67. The molecule has 4 aromatic rings. The van der Waals surface area contributed by atoms with E-state index in [9.17, 15) is 0 Å². The molecular weight excluding hydrogens is 340 g/mol. The zero-order valence-electron chi connectivity index (χ0n) is 13.0. The number of hydrogen-bond acceptors (Lipinski definition) is 14. The second-order valence-corrected chi connectivity index (χ2v) is 4.38. The molecule has 14 heteroatoms. The molecule has 0 aromatic carbocycles. The first-order valence-corrected chi connectivity index (χ1v) is 6.89. The van der Waals surface area contributed by atoms with Crippen molar-refractivity contribution in [3.8, 4) is 22.8 Å². The van der Waals surface area contributed by atoms with Crippen LogP contribution in [0.15, 0.2) is 37.4 Å². The normalized spacial score (nSPS) is 9.85. The number of nitrogens with zero attached hydrogens (tertiary/aromatic N) is 12. The minimum Gasteiger partial charge on any atom is -0.366 e. The summed E-state index contributed by atoms with van der Waals surface area (Å²) in [4.78, 5) is 15.7. The van der Waals surface area contributed by atoms with E-state index >= 15 is 0 Å². The van der Waals surface area contributed by atoms with E-state index in [1.807, 2.05) is 0 Å². The Bertz CT molecular complexity index is 882. The molecule has 0 aliphatic heterocycles. The van der Waals surface area contributed by atoms with Crippen molar-refractivity contribution < 1.29 is 0 Å². The lowest BCUT2D eigenvalue weighted by Gasteiger charge is -1.98. The summed E-state index contributed by atoms with van der Waals surface area (Å²) in [5.41, 5.74) is 12.9. The molecular formula is C12H10N14. The topological polar surface area (TPSA) is 207 Å². The van der Waals surface area contributed by atoms with E-state index in [2.05, 4.69) is 60.7 Å². The highest BCUT2D eigenvalue weighted by atomic mass is 15.2. The molecule has 0 amide bonds. The van der Waals surface area contributed by atoms with Crippen molar-refractivity contribution in [3.05, 3.63) is 37.4 Å².